The molecule has 3 rings (SSSR count). The Kier molecular flexibility index (Phi) is 4.65. The van der Waals surface area contributed by atoms with Crippen LogP contribution in [0.3, 0.4) is 0 Å². The van der Waals surface area contributed by atoms with Gasteiger partial charge in [0, 0.05) is 38.6 Å². The SMILES string of the molecule is O=C(CNc1ccccc1F)N1CCN(c2ncccn2)CC1. The molecule has 1 amide bonds. The molecule has 7 heteroatoms. The fourth-order valence-corrected chi connectivity index (χ4v) is 2.50. The summed E-state index contributed by atoms with van der Waals surface area (Å²) in [5.41, 5.74) is 0.345. The van der Waals surface area contributed by atoms with E-state index >= 15 is 0 Å². The second-order valence-corrected chi connectivity index (χ2v) is 5.25. The molecular weight excluding hydrogens is 297 g/mol. The molecule has 0 atom stereocenters. The van der Waals surface area contributed by atoms with E-state index in [1.54, 1.807) is 41.6 Å². The number of rotatable bonds is 4. The van der Waals surface area contributed by atoms with Gasteiger partial charge >= 0.3 is 0 Å². The van der Waals surface area contributed by atoms with Crippen LogP contribution in [0.5, 0.6) is 0 Å². The van der Waals surface area contributed by atoms with Crippen LogP contribution in [0, 0.1) is 5.82 Å². The molecule has 1 fully saturated rings. The largest absolute Gasteiger partial charge is 0.374 e. The topological polar surface area (TPSA) is 61.4 Å². The van der Waals surface area contributed by atoms with Gasteiger partial charge < -0.3 is 15.1 Å². The molecule has 120 valence electrons. The molecule has 1 aliphatic rings. The van der Waals surface area contributed by atoms with E-state index in [4.69, 9.17) is 0 Å². The number of amides is 1. The third kappa shape index (κ3) is 3.74. The first-order chi connectivity index (χ1) is 11.2. The lowest BCUT2D eigenvalue weighted by molar-refractivity contribution is -0.129. The van der Waals surface area contributed by atoms with Crippen LogP contribution >= 0.6 is 0 Å². The second kappa shape index (κ2) is 7.04. The molecule has 2 heterocycles. The Balaban J connectivity index is 1.50. The van der Waals surface area contributed by atoms with Gasteiger partial charge in [0.05, 0.1) is 12.2 Å². The van der Waals surface area contributed by atoms with Crippen molar-refractivity contribution < 1.29 is 9.18 Å². The van der Waals surface area contributed by atoms with Gasteiger partial charge in [-0.05, 0) is 18.2 Å². The Labute approximate surface area is 134 Å². The lowest BCUT2D eigenvalue weighted by atomic mass is 10.3. The van der Waals surface area contributed by atoms with Gasteiger partial charge in [0.2, 0.25) is 11.9 Å². The van der Waals surface area contributed by atoms with E-state index in [-0.39, 0.29) is 18.3 Å². The fourth-order valence-electron chi connectivity index (χ4n) is 2.50. The van der Waals surface area contributed by atoms with Gasteiger partial charge in [0.15, 0.2) is 0 Å². The lowest BCUT2D eigenvalue weighted by Gasteiger charge is -2.34. The van der Waals surface area contributed by atoms with Crippen molar-refractivity contribution in [2.45, 2.75) is 0 Å². The maximum Gasteiger partial charge on any atom is 0.241 e. The van der Waals surface area contributed by atoms with Gasteiger partial charge in [-0.25, -0.2) is 14.4 Å². The number of anilines is 2. The average molecular weight is 315 g/mol. The third-order valence-corrected chi connectivity index (χ3v) is 3.77. The van der Waals surface area contributed by atoms with Gasteiger partial charge in [0.25, 0.3) is 0 Å². The summed E-state index contributed by atoms with van der Waals surface area (Å²) in [5.74, 6) is 0.289. The molecule has 1 N–H and O–H groups in total. The number of carbonyl (C=O) groups is 1. The molecule has 0 bridgehead atoms. The second-order valence-electron chi connectivity index (χ2n) is 5.25. The lowest BCUT2D eigenvalue weighted by Crippen LogP contribution is -2.50. The predicted molar refractivity (Wildman–Crippen MR) is 85.7 cm³/mol. The molecule has 0 spiro atoms. The van der Waals surface area contributed by atoms with E-state index in [9.17, 15) is 9.18 Å². The number of aromatic nitrogens is 2. The van der Waals surface area contributed by atoms with Crippen molar-refractivity contribution in [3.63, 3.8) is 0 Å². The summed E-state index contributed by atoms with van der Waals surface area (Å²) in [4.78, 5) is 24.5. The highest BCUT2D eigenvalue weighted by Crippen LogP contribution is 2.13. The van der Waals surface area contributed by atoms with Crippen LogP contribution < -0.4 is 10.2 Å². The zero-order valence-electron chi connectivity index (χ0n) is 12.7. The molecule has 23 heavy (non-hydrogen) atoms. The fraction of sp³-hybridized carbons (Fsp3) is 0.312. The van der Waals surface area contributed by atoms with Crippen molar-refractivity contribution in [1.82, 2.24) is 14.9 Å². The minimum atomic E-state index is -0.355. The van der Waals surface area contributed by atoms with E-state index in [1.807, 2.05) is 4.90 Å². The van der Waals surface area contributed by atoms with Crippen molar-refractivity contribution in [3.8, 4) is 0 Å². The van der Waals surface area contributed by atoms with Gasteiger partial charge in [-0.2, -0.15) is 0 Å². The highest BCUT2D eigenvalue weighted by atomic mass is 19.1. The number of benzene rings is 1. The molecule has 1 saturated heterocycles. The van der Waals surface area contributed by atoms with Crippen LogP contribution in [0.1, 0.15) is 0 Å². The third-order valence-electron chi connectivity index (χ3n) is 3.77. The van der Waals surface area contributed by atoms with Crippen LogP contribution in [0.15, 0.2) is 42.7 Å². The molecule has 1 aliphatic heterocycles. The van der Waals surface area contributed by atoms with Crippen LogP contribution in [-0.2, 0) is 4.79 Å². The Hall–Kier alpha value is -2.70. The molecule has 1 aromatic heterocycles. The monoisotopic (exact) mass is 315 g/mol. The molecule has 1 aromatic carbocycles. The Morgan fingerprint density at radius 3 is 2.48 bits per heavy atom. The van der Waals surface area contributed by atoms with E-state index in [1.165, 1.54) is 6.07 Å². The zero-order chi connectivity index (χ0) is 16.1. The summed E-state index contributed by atoms with van der Waals surface area (Å²) in [6, 6.07) is 8.11. The van der Waals surface area contributed by atoms with Crippen molar-refractivity contribution in [2.24, 2.45) is 0 Å². The maximum atomic E-state index is 13.5. The highest BCUT2D eigenvalue weighted by Gasteiger charge is 2.22. The first-order valence-electron chi connectivity index (χ1n) is 7.52. The molecule has 0 saturated carbocycles. The number of halogens is 1. The summed E-state index contributed by atoms with van der Waals surface area (Å²) in [5, 5.41) is 2.85. The van der Waals surface area contributed by atoms with Gasteiger partial charge in [-0.3, -0.25) is 4.79 Å². The zero-order valence-corrected chi connectivity index (χ0v) is 12.7. The summed E-state index contributed by atoms with van der Waals surface area (Å²) in [6.07, 6.45) is 3.41. The van der Waals surface area contributed by atoms with Crippen molar-refractivity contribution >= 4 is 17.5 Å². The number of nitrogens with one attached hydrogen (secondary N) is 1. The molecule has 0 aliphatic carbocycles. The summed E-state index contributed by atoms with van der Waals surface area (Å²) >= 11 is 0. The van der Waals surface area contributed by atoms with Gasteiger partial charge in [-0.15, -0.1) is 0 Å². The minimum Gasteiger partial charge on any atom is -0.374 e. The van der Waals surface area contributed by atoms with Crippen LogP contribution in [-0.4, -0.2) is 53.5 Å². The van der Waals surface area contributed by atoms with E-state index in [2.05, 4.69) is 15.3 Å². The van der Waals surface area contributed by atoms with E-state index in [0.717, 1.165) is 0 Å². The van der Waals surface area contributed by atoms with Crippen molar-refractivity contribution in [2.75, 3.05) is 42.9 Å². The highest BCUT2D eigenvalue weighted by molar-refractivity contribution is 5.81. The van der Waals surface area contributed by atoms with Crippen LogP contribution in [0.25, 0.3) is 0 Å². The number of nitrogens with zero attached hydrogens (tertiary/aromatic N) is 4. The smallest absolute Gasteiger partial charge is 0.241 e. The van der Waals surface area contributed by atoms with Crippen molar-refractivity contribution in [3.05, 3.63) is 48.5 Å². The molecular formula is C16H18FN5O. The number of carbonyl (C=O) groups excluding carboxylic acids is 1. The Morgan fingerprint density at radius 2 is 1.78 bits per heavy atom. The van der Waals surface area contributed by atoms with Gasteiger partial charge in [0.1, 0.15) is 5.82 Å². The van der Waals surface area contributed by atoms with Crippen LogP contribution in [0.2, 0.25) is 0 Å². The standard InChI is InChI=1S/C16H18FN5O/c17-13-4-1-2-5-14(13)20-12-15(23)21-8-10-22(11-9-21)16-18-6-3-7-19-16/h1-7,20H,8-12H2. The van der Waals surface area contributed by atoms with E-state index < -0.39 is 0 Å². The maximum absolute atomic E-state index is 13.5. The molecule has 6 nitrogen and oxygen atoms in total. The average Bonchev–Trinajstić information content (AvgIpc) is 2.62. The summed E-state index contributed by atoms with van der Waals surface area (Å²) in [6.45, 7) is 2.68. The molecule has 0 unspecified atom stereocenters. The first-order valence-corrected chi connectivity index (χ1v) is 7.52. The Bertz CT molecular complexity index is 659. The first kappa shape index (κ1) is 15.2. The van der Waals surface area contributed by atoms with Crippen molar-refractivity contribution in [1.29, 1.82) is 0 Å². The number of piperazine rings is 1. The van der Waals surface area contributed by atoms with E-state index in [0.29, 0.717) is 37.8 Å². The summed E-state index contributed by atoms with van der Waals surface area (Å²) in [7, 11) is 0. The normalized spacial score (nSPS) is 14.7. The molecule has 2 aromatic rings. The summed E-state index contributed by atoms with van der Waals surface area (Å²) < 4.78 is 13.5. The van der Waals surface area contributed by atoms with Gasteiger partial charge in [-0.1, -0.05) is 12.1 Å². The Morgan fingerprint density at radius 1 is 1.09 bits per heavy atom. The predicted octanol–water partition coefficient (Wildman–Crippen LogP) is 1.38. The number of para-hydroxylation sites is 1. The minimum absolute atomic E-state index is 0.0399. The number of hydrogen-bond acceptors (Lipinski definition) is 5. The quantitative estimate of drug-likeness (QED) is 0.923. The number of hydrogen-bond donors (Lipinski definition) is 1. The molecule has 0 radical (unpaired) electrons. The van der Waals surface area contributed by atoms with Crippen LogP contribution in [0.4, 0.5) is 16.0 Å².